The van der Waals surface area contributed by atoms with Gasteiger partial charge in [0.25, 0.3) is 5.56 Å². The van der Waals surface area contributed by atoms with Crippen LogP contribution in [0.5, 0.6) is 0 Å². The lowest BCUT2D eigenvalue weighted by atomic mass is 10.0. The van der Waals surface area contributed by atoms with Crippen molar-refractivity contribution in [2.45, 2.75) is 0 Å². The quantitative estimate of drug-likeness (QED) is 0.562. The van der Waals surface area contributed by atoms with E-state index in [0.29, 0.717) is 27.9 Å². The van der Waals surface area contributed by atoms with Crippen molar-refractivity contribution in [3.63, 3.8) is 0 Å². The predicted octanol–water partition coefficient (Wildman–Crippen LogP) is 2.56. The number of carbonyl (C=O) groups excluding carboxylic acids is 1. The van der Waals surface area contributed by atoms with Gasteiger partial charge in [-0.15, -0.1) is 0 Å². The van der Waals surface area contributed by atoms with Gasteiger partial charge >= 0.3 is 5.97 Å². The van der Waals surface area contributed by atoms with Gasteiger partial charge in [0.1, 0.15) is 0 Å². The summed E-state index contributed by atoms with van der Waals surface area (Å²) in [7, 11) is 1.30. The molecule has 0 aliphatic rings. The molecular weight excluding hydrogens is 280 g/mol. The number of nitrogen functional groups attached to an aromatic ring is 1. The third-order valence-corrected chi connectivity index (χ3v) is 3.54. The molecule has 0 amide bonds. The number of aromatic amines is 1. The van der Waals surface area contributed by atoms with Crippen LogP contribution in [0.1, 0.15) is 10.4 Å². The number of rotatable bonds is 2. The van der Waals surface area contributed by atoms with Crippen LogP contribution in [0.4, 0.5) is 5.69 Å². The van der Waals surface area contributed by atoms with E-state index in [-0.39, 0.29) is 5.56 Å². The molecule has 0 atom stereocenters. The Bertz CT molecular complexity index is 929. The fourth-order valence-corrected chi connectivity index (χ4v) is 2.45. The van der Waals surface area contributed by atoms with Crippen molar-refractivity contribution < 1.29 is 9.53 Å². The zero-order chi connectivity index (χ0) is 15.7. The summed E-state index contributed by atoms with van der Waals surface area (Å²) in [5.74, 6) is -0.492. The molecule has 0 saturated carbocycles. The molecule has 3 aromatic rings. The van der Waals surface area contributed by atoms with Crippen molar-refractivity contribution in [1.82, 2.24) is 4.98 Å². The highest BCUT2D eigenvalue weighted by atomic mass is 16.5. The molecule has 110 valence electrons. The molecule has 1 heterocycles. The van der Waals surface area contributed by atoms with Gasteiger partial charge in [0.2, 0.25) is 0 Å². The number of H-pyrrole nitrogens is 1. The normalized spacial score (nSPS) is 10.6. The van der Waals surface area contributed by atoms with E-state index in [4.69, 9.17) is 10.5 Å². The Kier molecular flexibility index (Phi) is 3.39. The lowest BCUT2D eigenvalue weighted by molar-refractivity contribution is 0.0603. The Morgan fingerprint density at radius 2 is 1.86 bits per heavy atom. The second kappa shape index (κ2) is 5.37. The van der Waals surface area contributed by atoms with Crippen LogP contribution in [0.3, 0.4) is 0 Å². The topological polar surface area (TPSA) is 85.2 Å². The number of nitrogens with one attached hydrogen (secondary N) is 1. The Labute approximate surface area is 126 Å². The standard InChI is InChI=1S/C17H14N2O3/c1-22-17(21)12-7-4-5-10-9-13(16(20)19-15(10)12)11-6-2-3-8-14(11)18/h2-9H,18H2,1H3,(H,19,20). The van der Waals surface area contributed by atoms with Crippen LogP contribution in [0.25, 0.3) is 22.0 Å². The van der Waals surface area contributed by atoms with Crippen LogP contribution < -0.4 is 11.3 Å². The van der Waals surface area contributed by atoms with Crippen molar-refractivity contribution in [2.24, 2.45) is 0 Å². The van der Waals surface area contributed by atoms with Gasteiger partial charge in [-0.1, -0.05) is 30.3 Å². The minimum absolute atomic E-state index is 0.304. The third kappa shape index (κ3) is 2.22. The molecule has 3 N–H and O–H groups in total. The maximum Gasteiger partial charge on any atom is 0.339 e. The van der Waals surface area contributed by atoms with Crippen LogP contribution in [-0.2, 0) is 4.74 Å². The first-order valence-electron chi connectivity index (χ1n) is 6.71. The van der Waals surface area contributed by atoms with Gasteiger partial charge in [0.15, 0.2) is 0 Å². The number of hydrogen-bond acceptors (Lipinski definition) is 4. The largest absolute Gasteiger partial charge is 0.465 e. The summed E-state index contributed by atoms with van der Waals surface area (Å²) in [4.78, 5) is 26.9. The highest BCUT2D eigenvalue weighted by Gasteiger charge is 2.14. The van der Waals surface area contributed by atoms with Gasteiger partial charge in [0.05, 0.1) is 18.2 Å². The van der Waals surface area contributed by atoms with Crippen LogP contribution in [0, 0.1) is 0 Å². The number of hydrogen-bond donors (Lipinski definition) is 2. The first-order valence-corrected chi connectivity index (χ1v) is 6.71. The Morgan fingerprint density at radius 1 is 1.09 bits per heavy atom. The van der Waals surface area contributed by atoms with E-state index in [0.717, 1.165) is 5.39 Å². The number of nitrogens with two attached hydrogens (primary N) is 1. The summed E-state index contributed by atoms with van der Waals surface area (Å²) in [5.41, 5.74) is 8.07. The van der Waals surface area contributed by atoms with E-state index >= 15 is 0 Å². The second-order valence-corrected chi connectivity index (χ2v) is 4.86. The number of carbonyl (C=O) groups is 1. The number of para-hydroxylation sites is 2. The van der Waals surface area contributed by atoms with Gasteiger partial charge in [-0.2, -0.15) is 0 Å². The Balaban J connectivity index is 2.29. The fourth-order valence-electron chi connectivity index (χ4n) is 2.45. The van der Waals surface area contributed by atoms with Crippen molar-refractivity contribution in [3.05, 3.63) is 64.4 Å². The number of pyridine rings is 1. The number of methoxy groups -OCH3 is 1. The molecule has 0 fully saturated rings. The van der Waals surface area contributed by atoms with Gasteiger partial charge in [-0.05, 0) is 23.6 Å². The Morgan fingerprint density at radius 3 is 2.59 bits per heavy atom. The summed E-state index contributed by atoms with van der Waals surface area (Å²) in [6.45, 7) is 0. The molecule has 0 unspecified atom stereocenters. The van der Waals surface area contributed by atoms with Gasteiger partial charge in [-0.25, -0.2) is 4.79 Å². The maximum absolute atomic E-state index is 12.4. The summed E-state index contributed by atoms with van der Waals surface area (Å²) in [6, 6.07) is 14.1. The van der Waals surface area contributed by atoms with E-state index in [1.807, 2.05) is 18.2 Å². The van der Waals surface area contributed by atoms with Crippen LogP contribution >= 0.6 is 0 Å². The second-order valence-electron chi connectivity index (χ2n) is 4.86. The minimum atomic E-state index is -0.492. The van der Waals surface area contributed by atoms with Crippen molar-refractivity contribution in [1.29, 1.82) is 0 Å². The minimum Gasteiger partial charge on any atom is -0.465 e. The molecule has 0 radical (unpaired) electrons. The summed E-state index contributed by atoms with van der Waals surface area (Å²) >= 11 is 0. The summed E-state index contributed by atoms with van der Waals surface area (Å²) in [5, 5.41) is 0.737. The van der Waals surface area contributed by atoms with Crippen LogP contribution in [0.15, 0.2) is 53.3 Å². The first kappa shape index (κ1) is 13.9. The van der Waals surface area contributed by atoms with Gasteiger partial charge in [-0.3, -0.25) is 4.79 Å². The highest BCUT2D eigenvalue weighted by Crippen LogP contribution is 2.25. The number of benzene rings is 2. The number of ether oxygens (including phenoxy) is 1. The molecular formula is C17H14N2O3. The molecule has 0 aliphatic heterocycles. The molecule has 0 saturated heterocycles. The van der Waals surface area contributed by atoms with E-state index in [9.17, 15) is 9.59 Å². The number of anilines is 1. The number of esters is 1. The molecule has 2 aromatic carbocycles. The zero-order valence-corrected chi connectivity index (χ0v) is 11.9. The van der Waals surface area contributed by atoms with Crippen molar-refractivity contribution in [3.8, 4) is 11.1 Å². The fraction of sp³-hybridized carbons (Fsp3) is 0.0588. The predicted molar refractivity (Wildman–Crippen MR) is 85.8 cm³/mol. The average Bonchev–Trinajstić information content (AvgIpc) is 2.54. The average molecular weight is 294 g/mol. The zero-order valence-electron chi connectivity index (χ0n) is 11.9. The summed E-state index contributed by atoms with van der Waals surface area (Å²) in [6.07, 6.45) is 0. The summed E-state index contributed by atoms with van der Waals surface area (Å²) < 4.78 is 4.74. The molecule has 0 spiro atoms. The van der Waals surface area contributed by atoms with E-state index in [1.165, 1.54) is 7.11 Å². The molecule has 0 bridgehead atoms. The van der Waals surface area contributed by atoms with E-state index < -0.39 is 5.97 Å². The van der Waals surface area contributed by atoms with Crippen LogP contribution in [-0.4, -0.2) is 18.1 Å². The highest BCUT2D eigenvalue weighted by molar-refractivity contribution is 6.03. The smallest absolute Gasteiger partial charge is 0.339 e. The van der Waals surface area contributed by atoms with Crippen LogP contribution in [0.2, 0.25) is 0 Å². The Hall–Kier alpha value is -3.08. The van der Waals surface area contributed by atoms with E-state index in [2.05, 4.69) is 4.98 Å². The monoisotopic (exact) mass is 294 g/mol. The molecule has 5 heteroatoms. The number of aromatic nitrogens is 1. The van der Waals surface area contributed by atoms with E-state index in [1.54, 1.807) is 30.3 Å². The SMILES string of the molecule is COC(=O)c1cccc2cc(-c3ccccc3N)c(=O)[nH]c12. The van der Waals surface area contributed by atoms with Crippen molar-refractivity contribution in [2.75, 3.05) is 12.8 Å². The molecule has 3 rings (SSSR count). The lowest BCUT2D eigenvalue weighted by Gasteiger charge is -2.08. The third-order valence-electron chi connectivity index (χ3n) is 3.54. The molecule has 5 nitrogen and oxygen atoms in total. The first-order chi connectivity index (χ1) is 10.6. The molecule has 1 aromatic heterocycles. The van der Waals surface area contributed by atoms with Gasteiger partial charge < -0.3 is 15.5 Å². The number of fused-ring (bicyclic) bond motifs is 1. The molecule has 0 aliphatic carbocycles. The van der Waals surface area contributed by atoms with Gasteiger partial charge in [0, 0.05) is 16.8 Å². The maximum atomic E-state index is 12.4. The van der Waals surface area contributed by atoms with Crippen molar-refractivity contribution >= 4 is 22.6 Å². The lowest BCUT2D eigenvalue weighted by Crippen LogP contribution is -2.12. The molecule has 22 heavy (non-hydrogen) atoms.